The van der Waals surface area contributed by atoms with Crippen molar-refractivity contribution in [2.75, 3.05) is 6.26 Å². The van der Waals surface area contributed by atoms with Crippen molar-refractivity contribution >= 4 is 10.0 Å². The van der Waals surface area contributed by atoms with Crippen LogP contribution in [0.4, 0.5) is 0 Å². The maximum Gasteiger partial charge on any atom is 0.209 e. The van der Waals surface area contributed by atoms with E-state index >= 15 is 0 Å². The van der Waals surface area contributed by atoms with Crippen molar-refractivity contribution in [1.29, 1.82) is 0 Å². The smallest absolute Gasteiger partial charge is 0.209 e. The fraction of sp³-hybridized carbons (Fsp3) is 0.273. The van der Waals surface area contributed by atoms with Gasteiger partial charge in [0.05, 0.1) is 11.9 Å². The molecule has 0 amide bonds. The van der Waals surface area contributed by atoms with E-state index in [2.05, 4.69) is 14.8 Å². The predicted molar refractivity (Wildman–Crippen MR) is 67.8 cm³/mol. The predicted octanol–water partition coefficient (Wildman–Crippen LogP) is 0.877. The van der Waals surface area contributed by atoms with Gasteiger partial charge in [0.1, 0.15) is 12.7 Å². The van der Waals surface area contributed by atoms with Gasteiger partial charge in [0, 0.05) is 6.04 Å². The zero-order chi connectivity index (χ0) is 13.2. The number of nitrogens with zero attached hydrogens (tertiary/aromatic N) is 3. The highest BCUT2D eigenvalue weighted by Gasteiger charge is 2.10. The Balaban J connectivity index is 2.18. The van der Waals surface area contributed by atoms with Crippen LogP contribution in [-0.2, 0) is 10.0 Å². The van der Waals surface area contributed by atoms with Crippen molar-refractivity contribution in [3.05, 3.63) is 42.5 Å². The summed E-state index contributed by atoms with van der Waals surface area (Å²) in [5.41, 5.74) is 1.77. The number of sulfonamides is 1. The second kappa shape index (κ2) is 4.87. The zero-order valence-electron chi connectivity index (χ0n) is 10.1. The molecule has 1 N–H and O–H groups in total. The van der Waals surface area contributed by atoms with E-state index in [1.54, 1.807) is 17.9 Å². The van der Waals surface area contributed by atoms with Crippen molar-refractivity contribution in [3.63, 3.8) is 0 Å². The summed E-state index contributed by atoms with van der Waals surface area (Å²) in [7, 11) is -3.20. The summed E-state index contributed by atoms with van der Waals surface area (Å²) in [4.78, 5) is 3.86. The summed E-state index contributed by atoms with van der Waals surface area (Å²) in [6.07, 6.45) is 4.21. The molecule has 2 aromatic rings. The number of aromatic nitrogens is 3. The van der Waals surface area contributed by atoms with Gasteiger partial charge in [0.2, 0.25) is 10.0 Å². The first-order valence-electron chi connectivity index (χ1n) is 5.38. The summed E-state index contributed by atoms with van der Waals surface area (Å²) >= 11 is 0. The highest BCUT2D eigenvalue weighted by molar-refractivity contribution is 7.88. The summed E-state index contributed by atoms with van der Waals surface area (Å²) in [5.74, 6) is 0. The van der Waals surface area contributed by atoms with Crippen molar-refractivity contribution in [2.24, 2.45) is 0 Å². The molecule has 18 heavy (non-hydrogen) atoms. The highest BCUT2D eigenvalue weighted by atomic mass is 32.2. The molecule has 6 nitrogen and oxygen atoms in total. The van der Waals surface area contributed by atoms with Crippen molar-refractivity contribution in [3.8, 4) is 5.69 Å². The quantitative estimate of drug-likeness (QED) is 0.891. The molecule has 96 valence electrons. The number of hydrogen-bond acceptors (Lipinski definition) is 4. The standard InChI is InChI=1S/C11H14N4O2S/c1-9(14-18(2,16)17)10-3-5-11(6-4-10)15-8-12-7-13-15/h3-9,14H,1-2H3. The average molecular weight is 266 g/mol. The summed E-state index contributed by atoms with van der Waals surface area (Å²) in [6.45, 7) is 1.80. The summed E-state index contributed by atoms with van der Waals surface area (Å²) in [6, 6.07) is 7.19. The summed E-state index contributed by atoms with van der Waals surface area (Å²) < 4.78 is 26.4. The molecule has 0 saturated carbocycles. The maximum atomic E-state index is 11.1. The highest BCUT2D eigenvalue weighted by Crippen LogP contribution is 2.15. The maximum absolute atomic E-state index is 11.1. The molecule has 1 heterocycles. The van der Waals surface area contributed by atoms with Crippen molar-refractivity contribution in [1.82, 2.24) is 19.5 Å². The molecule has 1 unspecified atom stereocenters. The van der Waals surface area contributed by atoms with Crippen LogP contribution in [0.5, 0.6) is 0 Å². The van der Waals surface area contributed by atoms with Crippen LogP contribution in [0.2, 0.25) is 0 Å². The van der Waals surface area contributed by atoms with Crippen LogP contribution in [0.1, 0.15) is 18.5 Å². The minimum absolute atomic E-state index is 0.259. The summed E-state index contributed by atoms with van der Waals surface area (Å²) in [5, 5.41) is 4.01. The molecule has 0 fully saturated rings. The molecule has 0 bridgehead atoms. The van der Waals surface area contributed by atoms with Crippen LogP contribution >= 0.6 is 0 Å². The first-order chi connectivity index (χ1) is 8.46. The second-order valence-corrected chi connectivity index (χ2v) is 5.82. The third-order valence-electron chi connectivity index (χ3n) is 2.47. The third kappa shape index (κ3) is 3.14. The number of hydrogen-bond donors (Lipinski definition) is 1. The fourth-order valence-electron chi connectivity index (χ4n) is 1.65. The molecule has 0 saturated heterocycles. The minimum atomic E-state index is -3.20. The molecule has 7 heteroatoms. The van der Waals surface area contributed by atoms with E-state index in [1.807, 2.05) is 24.3 Å². The molecule has 0 aliphatic carbocycles. The van der Waals surface area contributed by atoms with Gasteiger partial charge in [-0.15, -0.1) is 0 Å². The Morgan fingerprint density at radius 1 is 1.28 bits per heavy atom. The molecule has 1 aromatic carbocycles. The lowest BCUT2D eigenvalue weighted by Crippen LogP contribution is -2.25. The lowest BCUT2D eigenvalue weighted by molar-refractivity contribution is 0.573. The first-order valence-corrected chi connectivity index (χ1v) is 7.27. The Hall–Kier alpha value is -1.73. The van der Waals surface area contributed by atoms with Gasteiger partial charge in [0.15, 0.2) is 0 Å². The fourth-order valence-corrected chi connectivity index (χ4v) is 2.42. The van der Waals surface area contributed by atoms with Crippen LogP contribution in [0.25, 0.3) is 5.69 Å². The second-order valence-electron chi connectivity index (χ2n) is 4.04. The topological polar surface area (TPSA) is 76.9 Å². The molecule has 0 aliphatic heterocycles. The lowest BCUT2D eigenvalue weighted by atomic mass is 10.1. The van der Waals surface area contributed by atoms with E-state index in [9.17, 15) is 8.42 Å². The largest absolute Gasteiger partial charge is 0.223 e. The first kappa shape index (κ1) is 12.7. The van der Waals surface area contributed by atoms with Gasteiger partial charge in [-0.3, -0.25) is 0 Å². The van der Waals surface area contributed by atoms with E-state index < -0.39 is 10.0 Å². The van der Waals surface area contributed by atoms with E-state index in [0.29, 0.717) is 0 Å². The van der Waals surface area contributed by atoms with Crippen LogP contribution < -0.4 is 4.72 Å². The van der Waals surface area contributed by atoms with Crippen LogP contribution in [0.15, 0.2) is 36.9 Å². The van der Waals surface area contributed by atoms with Crippen LogP contribution in [0, 0.1) is 0 Å². The molecule has 0 aliphatic rings. The average Bonchev–Trinajstić information content (AvgIpc) is 2.80. The Morgan fingerprint density at radius 2 is 1.94 bits per heavy atom. The van der Waals surface area contributed by atoms with E-state index in [4.69, 9.17) is 0 Å². The van der Waals surface area contributed by atoms with E-state index in [-0.39, 0.29) is 6.04 Å². The number of rotatable bonds is 4. The molecule has 1 atom stereocenters. The van der Waals surface area contributed by atoms with Gasteiger partial charge >= 0.3 is 0 Å². The third-order valence-corrected chi connectivity index (χ3v) is 3.25. The van der Waals surface area contributed by atoms with Gasteiger partial charge in [-0.2, -0.15) is 5.10 Å². The molecule has 2 rings (SSSR count). The molecule has 1 aromatic heterocycles. The van der Waals surface area contributed by atoms with E-state index in [1.165, 1.54) is 6.33 Å². The molecular formula is C11H14N4O2S. The van der Waals surface area contributed by atoms with Crippen molar-refractivity contribution < 1.29 is 8.42 Å². The van der Waals surface area contributed by atoms with E-state index in [0.717, 1.165) is 17.5 Å². The van der Waals surface area contributed by atoms with Gasteiger partial charge in [0.25, 0.3) is 0 Å². The molecule has 0 spiro atoms. The SMILES string of the molecule is CC(NS(C)(=O)=O)c1ccc(-n2cncn2)cc1. The molecular weight excluding hydrogens is 252 g/mol. The Kier molecular flexibility index (Phi) is 3.44. The minimum Gasteiger partial charge on any atom is -0.223 e. The number of nitrogens with one attached hydrogen (secondary N) is 1. The Morgan fingerprint density at radius 3 is 2.44 bits per heavy atom. The Bertz CT molecular complexity index is 605. The van der Waals surface area contributed by atoms with Crippen molar-refractivity contribution in [2.45, 2.75) is 13.0 Å². The van der Waals surface area contributed by atoms with Gasteiger partial charge < -0.3 is 0 Å². The van der Waals surface area contributed by atoms with Crippen LogP contribution in [-0.4, -0.2) is 29.4 Å². The van der Waals surface area contributed by atoms with Gasteiger partial charge in [-0.05, 0) is 24.6 Å². The molecule has 0 radical (unpaired) electrons. The lowest BCUT2D eigenvalue weighted by Gasteiger charge is -2.12. The number of benzene rings is 1. The Labute approximate surface area is 106 Å². The monoisotopic (exact) mass is 266 g/mol. The zero-order valence-corrected chi connectivity index (χ0v) is 10.9. The van der Waals surface area contributed by atoms with Gasteiger partial charge in [-0.1, -0.05) is 12.1 Å². The normalized spacial score (nSPS) is 13.4. The van der Waals surface area contributed by atoms with Gasteiger partial charge in [-0.25, -0.2) is 22.8 Å². The van der Waals surface area contributed by atoms with Crippen LogP contribution in [0.3, 0.4) is 0 Å².